The number of hydrogen-bond donors (Lipinski definition) is 3. The van der Waals surface area contributed by atoms with E-state index in [4.69, 9.17) is 5.73 Å². The molecule has 0 aromatic heterocycles. The van der Waals surface area contributed by atoms with Crippen molar-refractivity contribution in [3.8, 4) is 5.75 Å². The number of phenols is 1. The lowest BCUT2D eigenvalue weighted by Crippen LogP contribution is -1.98. The second kappa shape index (κ2) is 5.91. The van der Waals surface area contributed by atoms with Crippen LogP contribution in [0.2, 0.25) is 0 Å². The molecule has 0 fully saturated rings. The third-order valence-corrected chi connectivity index (χ3v) is 4.20. The SMILES string of the molecule is Nc1ccc2c(/N=N/c3ccccc3O)cc(S(=O)(=O)O)cc2c1. The molecule has 0 amide bonds. The maximum atomic E-state index is 11.5. The lowest BCUT2D eigenvalue weighted by molar-refractivity contribution is 0.476. The maximum Gasteiger partial charge on any atom is 0.294 e. The van der Waals surface area contributed by atoms with Crippen molar-refractivity contribution in [3.05, 3.63) is 54.6 Å². The Labute approximate surface area is 137 Å². The molecule has 0 saturated carbocycles. The highest BCUT2D eigenvalue weighted by Crippen LogP contribution is 2.33. The molecule has 4 N–H and O–H groups in total. The number of nitrogen functional groups attached to an aromatic ring is 1. The lowest BCUT2D eigenvalue weighted by Gasteiger charge is -2.06. The summed E-state index contributed by atoms with van der Waals surface area (Å²) < 4.78 is 32.2. The maximum absolute atomic E-state index is 11.5. The van der Waals surface area contributed by atoms with E-state index in [1.807, 2.05) is 0 Å². The topological polar surface area (TPSA) is 125 Å². The Morgan fingerprint density at radius 1 is 0.917 bits per heavy atom. The van der Waals surface area contributed by atoms with Crippen LogP contribution in [0.3, 0.4) is 0 Å². The molecule has 3 aromatic rings. The number of nitrogens with two attached hydrogens (primary N) is 1. The largest absolute Gasteiger partial charge is 0.506 e. The van der Waals surface area contributed by atoms with Crippen LogP contribution in [0.5, 0.6) is 5.75 Å². The van der Waals surface area contributed by atoms with E-state index in [-0.39, 0.29) is 22.0 Å². The van der Waals surface area contributed by atoms with E-state index in [1.165, 1.54) is 18.2 Å². The summed E-state index contributed by atoms with van der Waals surface area (Å²) in [5.74, 6) is -0.0549. The fourth-order valence-electron chi connectivity index (χ4n) is 2.23. The monoisotopic (exact) mass is 343 g/mol. The quantitative estimate of drug-likeness (QED) is 0.379. The Bertz CT molecular complexity index is 1060. The van der Waals surface area contributed by atoms with Gasteiger partial charge in [-0.25, -0.2) is 0 Å². The molecule has 7 nitrogen and oxygen atoms in total. The van der Waals surface area contributed by atoms with E-state index in [0.29, 0.717) is 16.5 Å². The second-order valence-electron chi connectivity index (χ2n) is 5.09. The van der Waals surface area contributed by atoms with Gasteiger partial charge < -0.3 is 10.8 Å². The molecule has 0 aliphatic carbocycles. The molecule has 0 radical (unpaired) electrons. The van der Waals surface area contributed by atoms with Gasteiger partial charge in [0.15, 0.2) is 0 Å². The zero-order valence-electron chi connectivity index (χ0n) is 12.3. The Morgan fingerprint density at radius 2 is 1.62 bits per heavy atom. The highest BCUT2D eigenvalue weighted by Gasteiger charge is 2.14. The Morgan fingerprint density at radius 3 is 2.33 bits per heavy atom. The molecule has 8 heteroatoms. The zero-order valence-corrected chi connectivity index (χ0v) is 13.1. The van der Waals surface area contributed by atoms with Crippen LogP contribution in [0.4, 0.5) is 17.1 Å². The summed E-state index contributed by atoms with van der Waals surface area (Å²) in [5.41, 5.74) is 6.62. The highest BCUT2D eigenvalue weighted by atomic mass is 32.2. The molecule has 3 rings (SSSR count). The van der Waals surface area contributed by atoms with Gasteiger partial charge in [0.2, 0.25) is 0 Å². The molecule has 0 atom stereocenters. The van der Waals surface area contributed by atoms with Crippen molar-refractivity contribution in [3.63, 3.8) is 0 Å². The Hall–Kier alpha value is -2.97. The van der Waals surface area contributed by atoms with Gasteiger partial charge in [0.05, 0.1) is 10.6 Å². The minimum atomic E-state index is -4.41. The molecule has 24 heavy (non-hydrogen) atoms. The third kappa shape index (κ3) is 3.19. The second-order valence-corrected chi connectivity index (χ2v) is 6.51. The van der Waals surface area contributed by atoms with Crippen LogP contribution in [0.1, 0.15) is 0 Å². The van der Waals surface area contributed by atoms with E-state index in [0.717, 1.165) is 0 Å². The number of hydrogen-bond acceptors (Lipinski definition) is 6. The van der Waals surface area contributed by atoms with Gasteiger partial charge in [-0.15, -0.1) is 10.2 Å². The average Bonchev–Trinajstić information content (AvgIpc) is 2.52. The molecule has 3 aromatic carbocycles. The highest BCUT2D eigenvalue weighted by molar-refractivity contribution is 7.85. The summed E-state index contributed by atoms with van der Waals surface area (Å²) in [7, 11) is -4.41. The normalized spacial score (nSPS) is 12.0. The number of azo groups is 1. The number of anilines is 1. The van der Waals surface area contributed by atoms with Crippen LogP contribution in [0.25, 0.3) is 10.8 Å². The zero-order chi connectivity index (χ0) is 17.3. The number of aromatic hydroxyl groups is 1. The first-order valence-corrected chi connectivity index (χ1v) is 8.29. The first-order chi connectivity index (χ1) is 11.3. The van der Waals surface area contributed by atoms with E-state index >= 15 is 0 Å². The van der Waals surface area contributed by atoms with E-state index in [1.54, 1.807) is 36.4 Å². The Kier molecular flexibility index (Phi) is 3.92. The van der Waals surface area contributed by atoms with Crippen molar-refractivity contribution in [2.45, 2.75) is 4.90 Å². The molecule has 0 bridgehead atoms. The minimum absolute atomic E-state index is 0.0549. The number of phenolic OH excluding ortho intramolecular Hbond substituents is 1. The summed E-state index contributed by atoms with van der Waals surface area (Å²) in [6.07, 6.45) is 0. The fourth-order valence-corrected chi connectivity index (χ4v) is 2.77. The number of benzene rings is 3. The average molecular weight is 343 g/mol. The lowest BCUT2D eigenvalue weighted by atomic mass is 10.1. The molecule has 0 spiro atoms. The number of fused-ring (bicyclic) bond motifs is 1. The summed E-state index contributed by atoms with van der Waals surface area (Å²) >= 11 is 0. The van der Waals surface area contributed by atoms with Crippen molar-refractivity contribution in [1.82, 2.24) is 0 Å². The van der Waals surface area contributed by atoms with Gasteiger partial charge in [-0.1, -0.05) is 18.2 Å². The predicted octanol–water partition coefficient (Wildman–Crippen LogP) is 3.79. The summed E-state index contributed by atoms with van der Waals surface area (Å²) in [4.78, 5) is -0.313. The standard InChI is InChI=1S/C16H13N3O4S/c17-11-5-6-13-10(7-11)8-12(24(21,22)23)9-15(13)19-18-14-3-1-2-4-16(14)20/h1-9,20H,17H2,(H,21,22,23)/b19-18+. The summed E-state index contributed by atoms with van der Waals surface area (Å²) in [5, 5.41) is 18.8. The minimum Gasteiger partial charge on any atom is -0.506 e. The Balaban J connectivity index is 2.21. The molecule has 122 valence electrons. The van der Waals surface area contributed by atoms with Crippen molar-refractivity contribution in [2.24, 2.45) is 10.2 Å². The number of rotatable bonds is 3. The molecule has 0 aliphatic rings. The van der Waals surface area contributed by atoms with Gasteiger partial charge in [0, 0.05) is 11.1 Å². The van der Waals surface area contributed by atoms with Gasteiger partial charge in [0.25, 0.3) is 10.1 Å². The number of nitrogens with zero attached hydrogens (tertiary/aromatic N) is 2. The summed E-state index contributed by atoms with van der Waals surface area (Å²) in [6, 6.07) is 13.8. The van der Waals surface area contributed by atoms with Crippen LogP contribution in [0.15, 0.2) is 69.7 Å². The van der Waals surface area contributed by atoms with Crippen LogP contribution in [-0.4, -0.2) is 18.1 Å². The molecular weight excluding hydrogens is 330 g/mol. The predicted molar refractivity (Wildman–Crippen MR) is 90.5 cm³/mol. The van der Waals surface area contributed by atoms with Crippen molar-refractivity contribution in [1.29, 1.82) is 0 Å². The van der Waals surface area contributed by atoms with Gasteiger partial charge in [-0.3, -0.25) is 4.55 Å². The third-order valence-electron chi connectivity index (χ3n) is 3.37. The molecular formula is C16H13N3O4S. The van der Waals surface area contributed by atoms with Crippen LogP contribution in [-0.2, 0) is 10.1 Å². The summed E-state index contributed by atoms with van der Waals surface area (Å²) in [6.45, 7) is 0. The smallest absolute Gasteiger partial charge is 0.294 e. The molecule has 0 saturated heterocycles. The van der Waals surface area contributed by atoms with Gasteiger partial charge in [-0.2, -0.15) is 8.42 Å². The molecule has 0 heterocycles. The first-order valence-electron chi connectivity index (χ1n) is 6.85. The van der Waals surface area contributed by atoms with Crippen LogP contribution >= 0.6 is 0 Å². The van der Waals surface area contributed by atoms with E-state index < -0.39 is 10.1 Å². The number of para-hydroxylation sites is 1. The van der Waals surface area contributed by atoms with Crippen LogP contribution < -0.4 is 5.73 Å². The van der Waals surface area contributed by atoms with E-state index in [9.17, 15) is 18.1 Å². The fraction of sp³-hybridized carbons (Fsp3) is 0. The van der Waals surface area contributed by atoms with Crippen LogP contribution in [0, 0.1) is 0 Å². The molecule has 0 aliphatic heterocycles. The van der Waals surface area contributed by atoms with Crippen molar-refractivity contribution in [2.75, 3.05) is 5.73 Å². The molecule has 0 unspecified atom stereocenters. The van der Waals surface area contributed by atoms with Crippen molar-refractivity contribution < 1.29 is 18.1 Å². The first kappa shape index (κ1) is 15.9. The van der Waals surface area contributed by atoms with Crippen molar-refractivity contribution >= 4 is 38.0 Å². The van der Waals surface area contributed by atoms with Gasteiger partial charge in [0.1, 0.15) is 11.4 Å². The van der Waals surface area contributed by atoms with Gasteiger partial charge >= 0.3 is 0 Å². The van der Waals surface area contributed by atoms with E-state index in [2.05, 4.69) is 10.2 Å². The van der Waals surface area contributed by atoms with Gasteiger partial charge in [-0.05, 0) is 41.8 Å².